The molecule has 3 rings (SSSR count). The molecule has 3 atom stereocenters. The molecular formula is C25H35N3O2. The number of rotatable bonds is 6. The first-order chi connectivity index (χ1) is 14.3. The molecule has 1 aliphatic heterocycles. The smallest absolute Gasteiger partial charge is 0.253 e. The monoisotopic (exact) mass is 409 g/mol. The van der Waals surface area contributed by atoms with Crippen molar-refractivity contribution in [2.45, 2.75) is 45.8 Å². The molecule has 0 spiro atoms. The minimum absolute atomic E-state index is 0.0286. The summed E-state index contributed by atoms with van der Waals surface area (Å²) in [5.74, 6) is 0.350. The highest BCUT2D eigenvalue weighted by atomic mass is 16.3. The minimum Gasteiger partial charge on any atom is -0.508 e. The third-order valence-corrected chi connectivity index (χ3v) is 6.39. The summed E-state index contributed by atoms with van der Waals surface area (Å²) in [7, 11) is 2.18. The number of hydrogen-bond donors (Lipinski definition) is 1. The molecule has 0 unspecified atom stereocenters. The van der Waals surface area contributed by atoms with Crippen molar-refractivity contribution in [3.63, 3.8) is 0 Å². The Morgan fingerprint density at radius 2 is 1.70 bits per heavy atom. The number of hydrogen-bond acceptors (Lipinski definition) is 4. The second kappa shape index (κ2) is 9.63. The molecule has 1 saturated heterocycles. The maximum atomic E-state index is 12.7. The van der Waals surface area contributed by atoms with Crippen molar-refractivity contribution in [1.82, 2.24) is 14.7 Å². The first kappa shape index (κ1) is 22.3. The zero-order valence-electron chi connectivity index (χ0n) is 18.9. The lowest BCUT2D eigenvalue weighted by Crippen LogP contribution is -2.55. The number of nitrogens with zero attached hydrogens (tertiary/aromatic N) is 3. The lowest BCUT2D eigenvalue weighted by atomic mass is 9.93. The summed E-state index contributed by atoms with van der Waals surface area (Å²) in [5, 5.41) is 10.1. The Labute approximate surface area is 180 Å². The third-order valence-electron chi connectivity index (χ3n) is 6.39. The lowest BCUT2D eigenvalue weighted by Gasteiger charge is -2.46. The Balaban J connectivity index is 1.97. The summed E-state index contributed by atoms with van der Waals surface area (Å²) in [6.45, 7) is 11.9. The van der Waals surface area contributed by atoms with E-state index in [1.165, 1.54) is 0 Å². The van der Waals surface area contributed by atoms with E-state index < -0.39 is 0 Å². The van der Waals surface area contributed by atoms with E-state index in [9.17, 15) is 9.90 Å². The topological polar surface area (TPSA) is 47.0 Å². The zero-order chi connectivity index (χ0) is 21.8. The highest BCUT2D eigenvalue weighted by Crippen LogP contribution is 2.34. The standard InChI is InChI=1S/C25H35N3O2/c1-6-27(7-2)25(30)21-13-11-20(12-14-21)24(22-9-8-10-23(29)15-22)28-17-18(3)26(5)16-19(28)4/h8-15,18-19,24,29H,6-7,16-17H2,1-5H3/t18-,19-,24+/m1/s1. The molecule has 5 nitrogen and oxygen atoms in total. The summed E-state index contributed by atoms with van der Waals surface area (Å²) in [6, 6.07) is 16.4. The van der Waals surface area contributed by atoms with E-state index in [4.69, 9.17) is 0 Å². The second-order valence-electron chi connectivity index (χ2n) is 8.43. The number of carbonyl (C=O) groups is 1. The molecule has 0 saturated carbocycles. The van der Waals surface area contributed by atoms with Gasteiger partial charge in [0.15, 0.2) is 0 Å². The molecule has 30 heavy (non-hydrogen) atoms. The van der Waals surface area contributed by atoms with Gasteiger partial charge in [0.05, 0.1) is 6.04 Å². The van der Waals surface area contributed by atoms with Crippen molar-refractivity contribution in [2.75, 3.05) is 33.2 Å². The van der Waals surface area contributed by atoms with Crippen molar-refractivity contribution in [2.24, 2.45) is 0 Å². The van der Waals surface area contributed by atoms with E-state index in [1.54, 1.807) is 6.07 Å². The molecule has 0 aliphatic carbocycles. The van der Waals surface area contributed by atoms with Crippen molar-refractivity contribution < 1.29 is 9.90 Å². The van der Waals surface area contributed by atoms with Gasteiger partial charge in [0, 0.05) is 43.8 Å². The Bertz CT molecular complexity index is 848. The average molecular weight is 410 g/mol. The van der Waals surface area contributed by atoms with Gasteiger partial charge in [-0.2, -0.15) is 0 Å². The van der Waals surface area contributed by atoms with Crippen LogP contribution in [0.1, 0.15) is 55.2 Å². The van der Waals surface area contributed by atoms with Crippen molar-refractivity contribution in [3.8, 4) is 5.75 Å². The number of phenols is 1. The quantitative estimate of drug-likeness (QED) is 0.784. The number of benzene rings is 2. The van der Waals surface area contributed by atoms with Gasteiger partial charge in [-0.05, 0) is 70.1 Å². The Morgan fingerprint density at radius 3 is 2.30 bits per heavy atom. The van der Waals surface area contributed by atoms with E-state index in [2.05, 4.69) is 48.9 Å². The van der Waals surface area contributed by atoms with Gasteiger partial charge in [-0.25, -0.2) is 0 Å². The van der Waals surface area contributed by atoms with Gasteiger partial charge in [0.25, 0.3) is 5.91 Å². The zero-order valence-corrected chi connectivity index (χ0v) is 18.9. The predicted molar refractivity (Wildman–Crippen MR) is 122 cm³/mol. The van der Waals surface area contributed by atoms with Gasteiger partial charge in [-0.3, -0.25) is 9.69 Å². The lowest BCUT2D eigenvalue weighted by molar-refractivity contribution is 0.0389. The number of piperazine rings is 1. The van der Waals surface area contributed by atoms with Crippen LogP contribution in [0.15, 0.2) is 48.5 Å². The number of carbonyl (C=O) groups excluding carboxylic acids is 1. The van der Waals surface area contributed by atoms with E-state index >= 15 is 0 Å². The Kier molecular flexibility index (Phi) is 7.16. The van der Waals surface area contributed by atoms with Crippen LogP contribution in [-0.2, 0) is 0 Å². The molecule has 0 radical (unpaired) electrons. The molecule has 1 N–H and O–H groups in total. The van der Waals surface area contributed by atoms with E-state index in [-0.39, 0.29) is 17.7 Å². The summed E-state index contributed by atoms with van der Waals surface area (Å²) < 4.78 is 0. The molecule has 1 fully saturated rings. The first-order valence-corrected chi connectivity index (χ1v) is 11.0. The Hall–Kier alpha value is -2.37. The highest BCUT2D eigenvalue weighted by Gasteiger charge is 2.33. The fraction of sp³-hybridized carbons (Fsp3) is 0.480. The molecule has 1 heterocycles. The van der Waals surface area contributed by atoms with Crippen molar-refractivity contribution >= 4 is 5.91 Å². The fourth-order valence-electron chi connectivity index (χ4n) is 4.46. The first-order valence-electron chi connectivity index (χ1n) is 11.0. The second-order valence-corrected chi connectivity index (χ2v) is 8.43. The van der Waals surface area contributed by atoms with Crippen LogP contribution in [0.5, 0.6) is 5.75 Å². The Morgan fingerprint density at radius 1 is 1.03 bits per heavy atom. The van der Waals surface area contributed by atoms with Crippen LogP contribution in [0.4, 0.5) is 0 Å². The summed E-state index contributed by atoms with van der Waals surface area (Å²) >= 11 is 0. The van der Waals surface area contributed by atoms with Gasteiger partial charge in [0.1, 0.15) is 5.75 Å². The van der Waals surface area contributed by atoms with Crippen LogP contribution in [0.3, 0.4) is 0 Å². The number of aromatic hydroxyl groups is 1. The minimum atomic E-state index is 0.0286. The largest absolute Gasteiger partial charge is 0.508 e. The maximum Gasteiger partial charge on any atom is 0.253 e. The molecule has 0 bridgehead atoms. The van der Waals surface area contributed by atoms with E-state index in [0.717, 1.165) is 29.8 Å². The van der Waals surface area contributed by atoms with Crippen LogP contribution in [0.2, 0.25) is 0 Å². The molecule has 0 aromatic heterocycles. The number of phenolic OH excluding ortho intramolecular Hbond substituents is 1. The number of amides is 1. The average Bonchev–Trinajstić information content (AvgIpc) is 2.73. The SMILES string of the molecule is CCN(CC)C(=O)c1ccc([C@@H](c2cccc(O)c2)N2C[C@@H](C)N(C)C[C@H]2C)cc1. The molecule has 2 aromatic carbocycles. The van der Waals surface area contributed by atoms with Gasteiger partial charge in [-0.1, -0.05) is 24.3 Å². The van der Waals surface area contributed by atoms with Crippen LogP contribution in [-0.4, -0.2) is 71.0 Å². The molecule has 162 valence electrons. The van der Waals surface area contributed by atoms with Gasteiger partial charge in [-0.15, -0.1) is 0 Å². The maximum absolute atomic E-state index is 12.7. The third kappa shape index (κ3) is 4.68. The molecular weight excluding hydrogens is 374 g/mol. The van der Waals surface area contributed by atoms with E-state index in [1.807, 2.05) is 43.0 Å². The van der Waals surface area contributed by atoms with E-state index in [0.29, 0.717) is 25.2 Å². The molecule has 1 aliphatic rings. The van der Waals surface area contributed by atoms with Crippen LogP contribution < -0.4 is 0 Å². The van der Waals surface area contributed by atoms with Crippen molar-refractivity contribution in [3.05, 3.63) is 65.2 Å². The van der Waals surface area contributed by atoms with Crippen LogP contribution in [0.25, 0.3) is 0 Å². The van der Waals surface area contributed by atoms with Crippen LogP contribution >= 0.6 is 0 Å². The predicted octanol–water partition coefficient (Wildman–Crippen LogP) is 3.99. The summed E-state index contributed by atoms with van der Waals surface area (Å²) in [6.07, 6.45) is 0. The van der Waals surface area contributed by atoms with Gasteiger partial charge < -0.3 is 14.9 Å². The van der Waals surface area contributed by atoms with Crippen molar-refractivity contribution in [1.29, 1.82) is 0 Å². The van der Waals surface area contributed by atoms with Gasteiger partial charge in [0.2, 0.25) is 0 Å². The molecule has 1 amide bonds. The van der Waals surface area contributed by atoms with Crippen LogP contribution in [0, 0.1) is 0 Å². The fourth-order valence-corrected chi connectivity index (χ4v) is 4.46. The molecule has 2 aromatic rings. The number of likely N-dealkylation sites (N-methyl/N-ethyl adjacent to an activating group) is 1. The summed E-state index contributed by atoms with van der Waals surface area (Å²) in [5.41, 5.74) is 2.93. The summed E-state index contributed by atoms with van der Waals surface area (Å²) in [4.78, 5) is 19.5. The highest BCUT2D eigenvalue weighted by molar-refractivity contribution is 5.94. The van der Waals surface area contributed by atoms with Gasteiger partial charge >= 0.3 is 0 Å². The molecule has 5 heteroatoms. The normalized spacial score (nSPS) is 21.4.